The molecule has 0 fully saturated rings. The largest absolute Gasteiger partial charge is 0.418 e. The Kier molecular flexibility index (Phi) is 11.1. The van der Waals surface area contributed by atoms with Gasteiger partial charge in [-0.15, -0.1) is 0 Å². The minimum Gasteiger partial charge on any atom is -0.392 e. The molecule has 0 bridgehead atoms. The summed E-state index contributed by atoms with van der Waals surface area (Å²) in [4.78, 5) is 42.7. The van der Waals surface area contributed by atoms with E-state index in [1.165, 1.54) is 6.07 Å². The summed E-state index contributed by atoms with van der Waals surface area (Å²) >= 11 is 5.24. The molecule has 1 aliphatic carbocycles. The van der Waals surface area contributed by atoms with Crippen molar-refractivity contribution in [3.63, 3.8) is 0 Å². The van der Waals surface area contributed by atoms with Crippen LogP contribution in [0.3, 0.4) is 0 Å². The van der Waals surface area contributed by atoms with Gasteiger partial charge in [-0.2, -0.15) is 13.2 Å². The normalized spacial score (nSPS) is 17.5. The van der Waals surface area contributed by atoms with E-state index in [9.17, 15) is 27.6 Å². The van der Waals surface area contributed by atoms with Gasteiger partial charge in [0.1, 0.15) is 5.54 Å². The smallest absolute Gasteiger partial charge is 0.392 e. The van der Waals surface area contributed by atoms with E-state index in [0.29, 0.717) is 42.5 Å². The summed E-state index contributed by atoms with van der Waals surface area (Å²) in [6.07, 6.45) is -2.06. The van der Waals surface area contributed by atoms with Crippen molar-refractivity contribution in [2.75, 3.05) is 6.54 Å². The van der Waals surface area contributed by atoms with Gasteiger partial charge < -0.3 is 26.7 Å². The van der Waals surface area contributed by atoms with Gasteiger partial charge in [0.05, 0.1) is 28.5 Å². The lowest BCUT2D eigenvalue weighted by Crippen LogP contribution is -2.64. The molecule has 0 saturated carbocycles. The fraction of sp³-hybridized carbons (Fsp3) is 0.471. The first-order chi connectivity index (χ1) is 21.7. The summed E-state index contributed by atoms with van der Waals surface area (Å²) < 4.78 is 41.4. The number of fused-ring (bicyclic) bond motifs is 3. The zero-order chi connectivity index (χ0) is 33.6. The molecule has 8 nitrogen and oxygen atoms in total. The Hall–Kier alpha value is -3.93. The predicted octanol–water partition coefficient (Wildman–Crippen LogP) is 5.19. The van der Waals surface area contributed by atoms with Gasteiger partial charge in [0.25, 0.3) is 0 Å². The molecule has 2 aromatic carbocycles. The van der Waals surface area contributed by atoms with Crippen LogP contribution in [0.15, 0.2) is 42.5 Å². The highest BCUT2D eigenvalue weighted by atomic mass is 32.1. The van der Waals surface area contributed by atoms with E-state index in [1.54, 1.807) is 6.07 Å². The lowest BCUT2D eigenvalue weighted by molar-refractivity contribution is -0.136. The van der Waals surface area contributed by atoms with E-state index in [0.717, 1.165) is 17.2 Å². The first-order valence-electron chi connectivity index (χ1n) is 15.7. The molecule has 3 atom stereocenters. The predicted molar refractivity (Wildman–Crippen MR) is 176 cm³/mol. The SMILES string of the molecule is CC[C@H](C)[C@H](NC(=O)[C@@]1(NC(=O)CCCCNC(=O)Cc2cccc(C)c2)CCc2[nH]c3c(C(F)(F)F)cccc3c2C1)C(N)=S. The second-order valence-electron chi connectivity index (χ2n) is 12.3. The van der Waals surface area contributed by atoms with Gasteiger partial charge >= 0.3 is 6.18 Å². The number of rotatable bonds is 13. The van der Waals surface area contributed by atoms with Crippen LogP contribution in [0.4, 0.5) is 13.2 Å². The van der Waals surface area contributed by atoms with Crippen LogP contribution in [0.1, 0.15) is 73.9 Å². The van der Waals surface area contributed by atoms with Crippen molar-refractivity contribution < 1.29 is 27.6 Å². The Bertz CT molecular complexity index is 1600. The number of hydrogen-bond donors (Lipinski definition) is 5. The van der Waals surface area contributed by atoms with Crippen molar-refractivity contribution in [1.82, 2.24) is 20.9 Å². The standard InChI is InChI=1S/C34H42F3N5O3S/c1-4-21(3)29(31(38)46)41-32(45)33(15-14-26-24(19-33)23-11-8-12-25(30(23)40-26)34(35,36)37)42-27(43)13-5-6-16-39-28(44)18-22-10-7-9-20(2)17-22/h7-12,17,21,29,40H,4-6,13-16,18-19H2,1-3H3,(H2,38,46)(H,39,44)(H,41,45)(H,42,43)/t21-,29-,33+/m0/s1. The van der Waals surface area contributed by atoms with Crippen LogP contribution in [-0.2, 0) is 39.8 Å². The monoisotopic (exact) mass is 657 g/mol. The maximum Gasteiger partial charge on any atom is 0.418 e. The topological polar surface area (TPSA) is 129 Å². The van der Waals surface area contributed by atoms with Crippen LogP contribution >= 0.6 is 12.2 Å². The molecule has 0 unspecified atom stereocenters. The zero-order valence-electron chi connectivity index (χ0n) is 26.4. The fourth-order valence-corrected chi connectivity index (χ4v) is 6.40. The second kappa shape index (κ2) is 14.7. The fourth-order valence-electron chi connectivity index (χ4n) is 6.11. The van der Waals surface area contributed by atoms with Crippen LogP contribution in [0.25, 0.3) is 10.9 Å². The molecule has 4 rings (SSSR count). The Balaban J connectivity index is 1.47. The first kappa shape index (κ1) is 34.9. The Labute approximate surface area is 272 Å². The molecule has 46 heavy (non-hydrogen) atoms. The van der Waals surface area contributed by atoms with Crippen LogP contribution in [0, 0.1) is 12.8 Å². The van der Waals surface area contributed by atoms with Crippen molar-refractivity contribution >= 4 is 45.8 Å². The molecule has 1 aliphatic rings. The number of nitrogens with two attached hydrogens (primary N) is 1. The highest BCUT2D eigenvalue weighted by Gasteiger charge is 2.45. The Morgan fingerprint density at radius 3 is 2.52 bits per heavy atom. The van der Waals surface area contributed by atoms with Crippen LogP contribution < -0.4 is 21.7 Å². The molecule has 0 aliphatic heterocycles. The number of nitrogens with one attached hydrogen (secondary N) is 4. The average molecular weight is 658 g/mol. The third-order valence-electron chi connectivity index (χ3n) is 8.83. The molecule has 1 heterocycles. The van der Waals surface area contributed by atoms with Crippen LogP contribution in [0.2, 0.25) is 0 Å². The quantitative estimate of drug-likeness (QED) is 0.128. The van der Waals surface area contributed by atoms with Crippen LogP contribution in [0.5, 0.6) is 0 Å². The number of hydrogen-bond acceptors (Lipinski definition) is 4. The van der Waals surface area contributed by atoms with Crippen molar-refractivity contribution in [3.8, 4) is 0 Å². The number of amides is 3. The number of unbranched alkanes of at least 4 members (excludes halogenated alkanes) is 1. The zero-order valence-corrected chi connectivity index (χ0v) is 27.2. The minimum absolute atomic E-state index is 0.000788. The maximum atomic E-state index is 14.0. The molecular formula is C34H42F3N5O3S. The number of H-pyrrole nitrogens is 1. The van der Waals surface area contributed by atoms with E-state index in [1.807, 2.05) is 45.0 Å². The lowest BCUT2D eigenvalue weighted by Gasteiger charge is -2.38. The molecule has 3 aromatic rings. The van der Waals surface area contributed by atoms with E-state index in [4.69, 9.17) is 18.0 Å². The molecule has 0 saturated heterocycles. The Morgan fingerprint density at radius 2 is 1.85 bits per heavy atom. The number of carbonyl (C=O) groups excluding carboxylic acids is 3. The molecule has 12 heteroatoms. The highest BCUT2D eigenvalue weighted by molar-refractivity contribution is 7.80. The molecule has 6 N–H and O–H groups in total. The van der Waals surface area contributed by atoms with Gasteiger partial charge in [-0.1, -0.05) is 74.4 Å². The van der Waals surface area contributed by atoms with Gasteiger partial charge in [-0.3, -0.25) is 14.4 Å². The van der Waals surface area contributed by atoms with E-state index in [2.05, 4.69) is 20.9 Å². The summed E-state index contributed by atoms with van der Waals surface area (Å²) in [6, 6.07) is 11.1. The molecule has 248 valence electrons. The van der Waals surface area contributed by atoms with E-state index < -0.39 is 29.2 Å². The summed E-state index contributed by atoms with van der Waals surface area (Å²) in [5.41, 5.74) is 6.91. The second-order valence-corrected chi connectivity index (χ2v) is 12.8. The molecular weight excluding hydrogens is 615 g/mol. The average Bonchev–Trinajstić information content (AvgIpc) is 3.36. The first-order valence-corrected chi connectivity index (χ1v) is 16.1. The number of halogens is 3. The lowest BCUT2D eigenvalue weighted by atomic mass is 9.78. The number of thiocarbonyl (C=S) groups is 1. The number of para-hydroxylation sites is 1. The summed E-state index contributed by atoms with van der Waals surface area (Å²) in [5, 5.41) is 9.14. The molecule has 1 aromatic heterocycles. The highest BCUT2D eigenvalue weighted by Crippen LogP contribution is 2.40. The van der Waals surface area contributed by atoms with Crippen molar-refractivity contribution in [2.45, 2.75) is 89.9 Å². The summed E-state index contributed by atoms with van der Waals surface area (Å²) in [7, 11) is 0. The third kappa shape index (κ3) is 8.26. The van der Waals surface area contributed by atoms with Gasteiger partial charge in [0.2, 0.25) is 17.7 Å². The number of benzene rings is 2. The van der Waals surface area contributed by atoms with Gasteiger partial charge in [0, 0.05) is 30.5 Å². The molecule has 0 spiro atoms. The summed E-state index contributed by atoms with van der Waals surface area (Å²) in [5.74, 6) is -1.02. The molecule has 3 amide bonds. The van der Waals surface area contributed by atoms with E-state index in [-0.39, 0.29) is 60.3 Å². The number of aryl methyl sites for hydroxylation is 2. The van der Waals surface area contributed by atoms with Gasteiger partial charge in [-0.05, 0) is 55.7 Å². The van der Waals surface area contributed by atoms with Gasteiger partial charge in [0.15, 0.2) is 0 Å². The number of aromatic amines is 1. The number of alkyl halides is 3. The summed E-state index contributed by atoms with van der Waals surface area (Å²) in [6.45, 7) is 6.22. The van der Waals surface area contributed by atoms with Crippen molar-refractivity contribution in [1.29, 1.82) is 0 Å². The minimum atomic E-state index is -4.56. The van der Waals surface area contributed by atoms with Crippen molar-refractivity contribution in [3.05, 3.63) is 70.4 Å². The van der Waals surface area contributed by atoms with Crippen molar-refractivity contribution in [2.24, 2.45) is 11.7 Å². The van der Waals surface area contributed by atoms with Crippen LogP contribution in [-0.4, -0.2) is 45.8 Å². The number of aromatic nitrogens is 1. The third-order valence-corrected chi connectivity index (χ3v) is 9.09. The van der Waals surface area contributed by atoms with E-state index >= 15 is 0 Å². The number of carbonyl (C=O) groups is 3. The van der Waals surface area contributed by atoms with Gasteiger partial charge in [-0.25, -0.2) is 0 Å². The molecule has 0 radical (unpaired) electrons. The Morgan fingerprint density at radius 1 is 1.11 bits per heavy atom. The maximum absolute atomic E-state index is 14.0.